The van der Waals surface area contributed by atoms with Crippen molar-refractivity contribution in [3.05, 3.63) is 58.0 Å². The van der Waals surface area contributed by atoms with Crippen LogP contribution in [0.2, 0.25) is 5.02 Å². The molecule has 122 valence electrons. The summed E-state index contributed by atoms with van der Waals surface area (Å²) in [4.78, 5) is 17.0. The Morgan fingerprint density at radius 2 is 2.00 bits per heavy atom. The van der Waals surface area contributed by atoms with E-state index >= 15 is 0 Å². The highest BCUT2D eigenvalue weighted by Crippen LogP contribution is 2.31. The molecule has 0 aromatic heterocycles. The summed E-state index contributed by atoms with van der Waals surface area (Å²) >= 11 is 7.08. The Morgan fingerprint density at radius 3 is 2.71 bits per heavy atom. The van der Waals surface area contributed by atoms with Gasteiger partial charge in [-0.05, 0) is 59.8 Å². The van der Waals surface area contributed by atoms with Gasteiger partial charge in [0, 0.05) is 5.02 Å². The third-order valence-electron chi connectivity index (χ3n) is 3.21. The summed E-state index contributed by atoms with van der Waals surface area (Å²) in [5.41, 5.74) is 1.45. The quantitative estimate of drug-likeness (QED) is 0.813. The lowest BCUT2D eigenvalue weighted by Gasteiger charge is -2.03. The second-order valence-corrected chi connectivity index (χ2v) is 6.36. The van der Waals surface area contributed by atoms with Gasteiger partial charge in [-0.1, -0.05) is 17.7 Å². The van der Waals surface area contributed by atoms with Gasteiger partial charge in [-0.15, -0.1) is 0 Å². The number of aromatic hydroxyl groups is 1. The van der Waals surface area contributed by atoms with Crippen molar-refractivity contribution >= 4 is 46.2 Å². The summed E-state index contributed by atoms with van der Waals surface area (Å²) in [7, 11) is 1.47. The van der Waals surface area contributed by atoms with E-state index < -0.39 is 0 Å². The zero-order valence-electron chi connectivity index (χ0n) is 12.6. The summed E-state index contributed by atoms with van der Waals surface area (Å²) in [6, 6.07) is 11.9. The number of nitrogens with one attached hydrogen (secondary N) is 1. The van der Waals surface area contributed by atoms with Crippen molar-refractivity contribution in [3.8, 4) is 11.5 Å². The molecule has 0 atom stereocenters. The predicted octanol–water partition coefficient (Wildman–Crippen LogP) is 3.95. The van der Waals surface area contributed by atoms with Gasteiger partial charge in [0.15, 0.2) is 16.7 Å². The average Bonchev–Trinajstić information content (AvgIpc) is 2.91. The summed E-state index contributed by atoms with van der Waals surface area (Å²) in [5.74, 6) is 0.177. The van der Waals surface area contributed by atoms with Gasteiger partial charge in [0.1, 0.15) is 0 Å². The molecule has 2 aromatic rings. The van der Waals surface area contributed by atoms with Crippen molar-refractivity contribution in [3.63, 3.8) is 0 Å². The number of hydrogen-bond acceptors (Lipinski definition) is 5. The molecule has 0 spiro atoms. The fraction of sp³-hybridized carbons (Fsp3) is 0.0588. The lowest BCUT2D eigenvalue weighted by molar-refractivity contribution is -0.115. The Kier molecular flexibility index (Phi) is 4.78. The van der Waals surface area contributed by atoms with Crippen LogP contribution in [0.4, 0.5) is 5.69 Å². The first-order valence-electron chi connectivity index (χ1n) is 6.97. The Morgan fingerprint density at radius 1 is 1.25 bits per heavy atom. The topological polar surface area (TPSA) is 70.9 Å². The van der Waals surface area contributed by atoms with Crippen molar-refractivity contribution < 1.29 is 14.6 Å². The number of ether oxygens (including phenoxy) is 1. The second kappa shape index (κ2) is 6.98. The Labute approximate surface area is 148 Å². The molecular weight excluding hydrogens is 348 g/mol. The minimum atomic E-state index is -0.222. The Balaban J connectivity index is 1.83. The van der Waals surface area contributed by atoms with Gasteiger partial charge in [-0.25, -0.2) is 4.99 Å². The lowest BCUT2D eigenvalue weighted by atomic mass is 10.2. The van der Waals surface area contributed by atoms with E-state index in [0.29, 0.717) is 26.5 Å². The maximum atomic E-state index is 12.1. The van der Waals surface area contributed by atoms with E-state index in [1.54, 1.807) is 42.5 Å². The average molecular weight is 361 g/mol. The molecule has 1 saturated heterocycles. The number of phenolic OH excluding ortho intramolecular Hbond substituents is 1. The molecule has 1 amide bonds. The summed E-state index contributed by atoms with van der Waals surface area (Å²) in [6.07, 6.45) is 1.71. The molecule has 0 unspecified atom stereocenters. The van der Waals surface area contributed by atoms with Crippen molar-refractivity contribution in [2.75, 3.05) is 7.11 Å². The molecule has 1 aliphatic rings. The number of methoxy groups -OCH3 is 1. The van der Waals surface area contributed by atoms with Crippen LogP contribution in [0.5, 0.6) is 11.5 Å². The molecule has 24 heavy (non-hydrogen) atoms. The van der Waals surface area contributed by atoms with Crippen LogP contribution in [0.25, 0.3) is 6.08 Å². The van der Waals surface area contributed by atoms with Crippen LogP contribution < -0.4 is 10.1 Å². The van der Waals surface area contributed by atoms with Gasteiger partial charge in [-0.2, -0.15) is 0 Å². The van der Waals surface area contributed by atoms with E-state index in [4.69, 9.17) is 16.3 Å². The minimum absolute atomic E-state index is 0.0492. The molecule has 5 nitrogen and oxygen atoms in total. The Hall–Kier alpha value is -2.44. The molecule has 2 aromatic carbocycles. The molecule has 0 saturated carbocycles. The van der Waals surface area contributed by atoms with Crippen molar-refractivity contribution in [2.45, 2.75) is 0 Å². The number of halogens is 1. The van der Waals surface area contributed by atoms with E-state index in [9.17, 15) is 9.90 Å². The van der Waals surface area contributed by atoms with Gasteiger partial charge in [0.05, 0.1) is 17.7 Å². The number of benzene rings is 2. The third-order valence-corrected chi connectivity index (χ3v) is 4.37. The zero-order valence-corrected chi connectivity index (χ0v) is 14.2. The second-order valence-electron chi connectivity index (χ2n) is 4.89. The summed E-state index contributed by atoms with van der Waals surface area (Å²) < 4.78 is 5.07. The van der Waals surface area contributed by atoms with E-state index in [-0.39, 0.29) is 11.7 Å². The minimum Gasteiger partial charge on any atom is -0.504 e. The van der Waals surface area contributed by atoms with Gasteiger partial charge >= 0.3 is 0 Å². The first kappa shape index (κ1) is 16.4. The molecule has 0 radical (unpaired) electrons. The number of aliphatic imine (C=N–C) groups is 1. The highest BCUT2D eigenvalue weighted by atomic mass is 35.5. The van der Waals surface area contributed by atoms with Crippen LogP contribution in [0.3, 0.4) is 0 Å². The third kappa shape index (κ3) is 3.72. The SMILES string of the molecule is COc1cc(/C=C2\SC(=Nc3ccc(Cl)cc3)NC2=O)ccc1O. The van der Waals surface area contributed by atoms with Crippen molar-refractivity contribution in [2.24, 2.45) is 4.99 Å². The van der Waals surface area contributed by atoms with Crippen molar-refractivity contribution in [1.82, 2.24) is 5.32 Å². The first-order valence-corrected chi connectivity index (χ1v) is 8.17. The highest BCUT2D eigenvalue weighted by Gasteiger charge is 2.23. The van der Waals surface area contributed by atoms with E-state index in [1.165, 1.54) is 24.9 Å². The fourth-order valence-corrected chi connectivity index (χ4v) is 3.02. The van der Waals surface area contributed by atoms with E-state index in [2.05, 4.69) is 10.3 Å². The molecule has 7 heteroatoms. The number of hydrogen-bond donors (Lipinski definition) is 2. The van der Waals surface area contributed by atoms with Crippen LogP contribution in [0.15, 0.2) is 52.4 Å². The van der Waals surface area contributed by atoms with Gasteiger partial charge in [0.2, 0.25) is 0 Å². The van der Waals surface area contributed by atoms with Crippen LogP contribution in [-0.4, -0.2) is 23.3 Å². The largest absolute Gasteiger partial charge is 0.504 e. The molecule has 0 bridgehead atoms. The maximum absolute atomic E-state index is 12.1. The normalized spacial score (nSPS) is 17.3. The van der Waals surface area contributed by atoms with Crippen LogP contribution in [-0.2, 0) is 4.79 Å². The zero-order chi connectivity index (χ0) is 17.1. The highest BCUT2D eigenvalue weighted by molar-refractivity contribution is 8.18. The van der Waals surface area contributed by atoms with Gasteiger partial charge in [0.25, 0.3) is 5.91 Å². The smallest absolute Gasteiger partial charge is 0.264 e. The van der Waals surface area contributed by atoms with Crippen LogP contribution in [0, 0.1) is 0 Å². The molecule has 1 heterocycles. The standard InChI is InChI=1S/C17H13ClN2O3S/c1-23-14-8-10(2-7-13(14)21)9-15-16(22)20-17(24-15)19-12-5-3-11(18)4-6-12/h2-9,21H,1H3,(H,19,20,22)/b15-9-. The number of nitrogens with zero attached hydrogens (tertiary/aromatic N) is 1. The Bertz CT molecular complexity index is 847. The number of amides is 1. The summed E-state index contributed by atoms with van der Waals surface area (Å²) in [6.45, 7) is 0. The fourth-order valence-electron chi connectivity index (χ4n) is 2.05. The van der Waals surface area contributed by atoms with E-state index in [0.717, 1.165) is 5.56 Å². The number of rotatable bonds is 3. The number of carbonyl (C=O) groups excluding carboxylic acids is 1. The monoisotopic (exact) mass is 360 g/mol. The predicted molar refractivity (Wildman–Crippen MR) is 96.9 cm³/mol. The van der Waals surface area contributed by atoms with Gasteiger partial charge in [-0.3, -0.25) is 4.79 Å². The first-order chi connectivity index (χ1) is 11.5. The van der Waals surface area contributed by atoms with Crippen LogP contribution in [0.1, 0.15) is 5.56 Å². The molecule has 1 fully saturated rings. The molecule has 2 N–H and O–H groups in total. The molecule has 0 aliphatic carbocycles. The number of phenols is 1. The summed E-state index contributed by atoms with van der Waals surface area (Å²) in [5, 5.41) is 13.5. The van der Waals surface area contributed by atoms with Gasteiger partial charge < -0.3 is 15.2 Å². The number of amidine groups is 1. The molecule has 3 rings (SSSR count). The number of thioether (sulfide) groups is 1. The van der Waals surface area contributed by atoms with E-state index in [1.807, 2.05) is 0 Å². The van der Waals surface area contributed by atoms with Crippen LogP contribution >= 0.6 is 23.4 Å². The molecule has 1 aliphatic heterocycles. The number of carbonyl (C=O) groups is 1. The van der Waals surface area contributed by atoms with Crippen molar-refractivity contribution in [1.29, 1.82) is 0 Å². The maximum Gasteiger partial charge on any atom is 0.264 e. The molecular formula is C17H13ClN2O3S. The lowest BCUT2D eigenvalue weighted by Crippen LogP contribution is -2.19.